The van der Waals surface area contributed by atoms with E-state index in [2.05, 4.69) is 19.2 Å². The molecule has 0 amide bonds. The quantitative estimate of drug-likeness (QED) is 0.897. The van der Waals surface area contributed by atoms with Crippen molar-refractivity contribution >= 4 is 0 Å². The molecule has 0 spiro atoms. The first-order valence-corrected chi connectivity index (χ1v) is 7.40. The van der Waals surface area contributed by atoms with Crippen LogP contribution in [0.4, 0.5) is 4.39 Å². The molecule has 0 heterocycles. The number of nitrogens with one attached hydrogen (secondary N) is 1. The van der Waals surface area contributed by atoms with Crippen LogP contribution in [-0.4, -0.2) is 19.8 Å². The van der Waals surface area contributed by atoms with Crippen LogP contribution in [0.15, 0.2) is 24.3 Å². The molecule has 0 saturated heterocycles. The average molecular weight is 279 g/mol. The van der Waals surface area contributed by atoms with Crippen molar-refractivity contribution in [2.75, 3.05) is 14.2 Å². The molecule has 1 unspecified atom stereocenters. The maximum absolute atomic E-state index is 13.5. The number of likely N-dealkylation sites (N-methyl/N-ethyl adjacent to an activating group) is 1. The normalized spacial score (nSPS) is 22.4. The van der Waals surface area contributed by atoms with Crippen molar-refractivity contribution < 1.29 is 9.13 Å². The van der Waals surface area contributed by atoms with E-state index in [1.807, 2.05) is 13.1 Å². The van der Waals surface area contributed by atoms with E-state index in [0.29, 0.717) is 5.41 Å². The molecule has 0 aliphatic heterocycles. The van der Waals surface area contributed by atoms with Crippen molar-refractivity contribution in [3.05, 3.63) is 35.6 Å². The van der Waals surface area contributed by atoms with Crippen LogP contribution >= 0.6 is 0 Å². The van der Waals surface area contributed by atoms with Gasteiger partial charge in [0.25, 0.3) is 0 Å². The largest absolute Gasteiger partial charge is 0.376 e. The Kier molecular flexibility index (Phi) is 4.50. The van der Waals surface area contributed by atoms with Gasteiger partial charge in [0.05, 0.1) is 11.6 Å². The third-order valence-electron chi connectivity index (χ3n) is 4.85. The number of hydrogen-bond donors (Lipinski definition) is 1. The van der Waals surface area contributed by atoms with Gasteiger partial charge in [0.15, 0.2) is 0 Å². The van der Waals surface area contributed by atoms with Gasteiger partial charge >= 0.3 is 0 Å². The lowest BCUT2D eigenvalue weighted by atomic mass is 9.67. The SMILES string of the molecule is CNC(c1cccc(F)c1)C1(OC)CCC(C)(C)CC1. The summed E-state index contributed by atoms with van der Waals surface area (Å²) in [6, 6.07) is 6.87. The minimum atomic E-state index is -0.238. The number of rotatable bonds is 4. The van der Waals surface area contributed by atoms with Crippen LogP contribution in [0.1, 0.15) is 51.1 Å². The summed E-state index contributed by atoms with van der Waals surface area (Å²) in [7, 11) is 3.71. The molecule has 1 aliphatic rings. The molecule has 2 nitrogen and oxygen atoms in total. The lowest BCUT2D eigenvalue weighted by molar-refractivity contribution is -0.0862. The van der Waals surface area contributed by atoms with Crippen LogP contribution < -0.4 is 5.32 Å². The standard InChI is InChI=1S/C17H26FNO/c1-16(2)8-10-17(20-4,11-9-16)15(19-3)13-6-5-7-14(18)12-13/h5-7,12,15,19H,8-11H2,1-4H3. The molecule has 0 bridgehead atoms. The second-order valence-electron chi connectivity index (χ2n) is 6.71. The number of hydrogen-bond acceptors (Lipinski definition) is 2. The Morgan fingerprint density at radius 3 is 2.35 bits per heavy atom. The summed E-state index contributed by atoms with van der Waals surface area (Å²) in [6.07, 6.45) is 4.26. The highest BCUT2D eigenvalue weighted by atomic mass is 19.1. The molecule has 0 radical (unpaired) electrons. The van der Waals surface area contributed by atoms with E-state index in [-0.39, 0.29) is 17.5 Å². The summed E-state index contributed by atoms with van der Waals surface area (Å²) in [5.41, 5.74) is 1.11. The molecular weight excluding hydrogens is 253 g/mol. The summed E-state index contributed by atoms with van der Waals surface area (Å²) in [5, 5.41) is 3.34. The Morgan fingerprint density at radius 2 is 1.85 bits per heavy atom. The van der Waals surface area contributed by atoms with Crippen molar-refractivity contribution in [3.63, 3.8) is 0 Å². The van der Waals surface area contributed by atoms with Gasteiger partial charge in [-0.15, -0.1) is 0 Å². The van der Waals surface area contributed by atoms with Gasteiger partial charge in [-0.2, -0.15) is 0 Å². The van der Waals surface area contributed by atoms with Crippen molar-refractivity contribution in [2.24, 2.45) is 5.41 Å². The third kappa shape index (κ3) is 3.04. The van der Waals surface area contributed by atoms with Gasteiger partial charge in [-0.3, -0.25) is 0 Å². The summed E-state index contributed by atoms with van der Waals surface area (Å²) >= 11 is 0. The summed E-state index contributed by atoms with van der Waals surface area (Å²) in [5.74, 6) is -0.190. The molecule has 20 heavy (non-hydrogen) atoms. The first kappa shape index (κ1) is 15.5. The molecule has 0 aromatic heterocycles. The number of methoxy groups -OCH3 is 1. The highest BCUT2D eigenvalue weighted by Gasteiger charge is 2.44. The second-order valence-corrected chi connectivity index (χ2v) is 6.71. The van der Waals surface area contributed by atoms with Crippen molar-refractivity contribution in [3.8, 4) is 0 Å². The Morgan fingerprint density at radius 1 is 1.20 bits per heavy atom. The van der Waals surface area contributed by atoms with Gasteiger partial charge < -0.3 is 10.1 Å². The lowest BCUT2D eigenvalue weighted by Crippen LogP contribution is -2.48. The number of ether oxygens (including phenoxy) is 1. The number of benzene rings is 1. The summed E-state index contributed by atoms with van der Waals surface area (Å²) in [4.78, 5) is 0. The van der Waals surface area contributed by atoms with Gasteiger partial charge in [-0.05, 0) is 55.8 Å². The summed E-state index contributed by atoms with van der Waals surface area (Å²) < 4.78 is 19.4. The van der Waals surface area contributed by atoms with E-state index < -0.39 is 0 Å². The van der Waals surface area contributed by atoms with Crippen molar-refractivity contribution in [1.82, 2.24) is 5.32 Å². The van der Waals surface area contributed by atoms with Crippen LogP contribution in [-0.2, 0) is 4.74 Å². The highest BCUT2D eigenvalue weighted by molar-refractivity contribution is 5.24. The maximum Gasteiger partial charge on any atom is 0.123 e. The van der Waals surface area contributed by atoms with Gasteiger partial charge in [0, 0.05) is 7.11 Å². The van der Waals surface area contributed by atoms with Crippen LogP contribution in [0.2, 0.25) is 0 Å². The van der Waals surface area contributed by atoms with Crippen molar-refractivity contribution in [1.29, 1.82) is 0 Å². The van der Waals surface area contributed by atoms with E-state index >= 15 is 0 Å². The monoisotopic (exact) mass is 279 g/mol. The Balaban J connectivity index is 2.29. The predicted molar refractivity (Wildman–Crippen MR) is 80.2 cm³/mol. The lowest BCUT2D eigenvalue weighted by Gasteiger charge is -2.47. The molecule has 1 aromatic carbocycles. The van der Waals surface area contributed by atoms with Gasteiger partial charge in [0.2, 0.25) is 0 Å². The zero-order chi connectivity index (χ0) is 14.8. The fraction of sp³-hybridized carbons (Fsp3) is 0.647. The molecule has 1 saturated carbocycles. The molecule has 2 rings (SSSR count). The topological polar surface area (TPSA) is 21.3 Å². The van der Waals surface area contributed by atoms with Crippen LogP contribution in [0.3, 0.4) is 0 Å². The number of halogens is 1. The molecular formula is C17H26FNO. The van der Waals surface area contributed by atoms with E-state index in [9.17, 15) is 4.39 Å². The Labute approximate surface area is 121 Å². The molecule has 3 heteroatoms. The molecule has 1 N–H and O–H groups in total. The van der Waals surface area contributed by atoms with E-state index in [1.165, 1.54) is 6.07 Å². The van der Waals surface area contributed by atoms with Gasteiger partial charge in [0.1, 0.15) is 5.82 Å². The van der Waals surface area contributed by atoms with Crippen molar-refractivity contribution in [2.45, 2.75) is 51.2 Å². The van der Waals surface area contributed by atoms with Crippen LogP contribution in [0.5, 0.6) is 0 Å². The highest BCUT2D eigenvalue weighted by Crippen LogP contribution is 2.47. The summed E-state index contributed by atoms with van der Waals surface area (Å²) in [6.45, 7) is 4.62. The second kappa shape index (κ2) is 5.82. The maximum atomic E-state index is 13.5. The Hall–Kier alpha value is -0.930. The Bertz CT molecular complexity index is 448. The zero-order valence-corrected chi connectivity index (χ0v) is 13.0. The molecule has 1 aliphatic carbocycles. The first-order valence-electron chi connectivity index (χ1n) is 7.40. The van der Waals surface area contributed by atoms with E-state index in [0.717, 1.165) is 31.2 Å². The molecule has 112 valence electrons. The molecule has 1 fully saturated rings. The van der Waals surface area contributed by atoms with E-state index in [4.69, 9.17) is 4.74 Å². The minimum Gasteiger partial charge on any atom is -0.376 e. The fourth-order valence-corrected chi connectivity index (χ4v) is 3.38. The zero-order valence-electron chi connectivity index (χ0n) is 13.0. The van der Waals surface area contributed by atoms with Crippen LogP contribution in [0, 0.1) is 11.2 Å². The van der Waals surface area contributed by atoms with Gasteiger partial charge in [-0.1, -0.05) is 26.0 Å². The molecule has 1 atom stereocenters. The third-order valence-corrected chi connectivity index (χ3v) is 4.85. The van der Waals surface area contributed by atoms with E-state index in [1.54, 1.807) is 19.2 Å². The first-order chi connectivity index (χ1) is 9.42. The fourth-order valence-electron chi connectivity index (χ4n) is 3.38. The smallest absolute Gasteiger partial charge is 0.123 e. The van der Waals surface area contributed by atoms with Crippen LogP contribution in [0.25, 0.3) is 0 Å². The average Bonchev–Trinajstić information content (AvgIpc) is 2.42. The predicted octanol–water partition coefficient (Wildman–Crippen LogP) is 4.07. The minimum absolute atomic E-state index is 0.0271. The molecule has 1 aromatic rings. The van der Waals surface area contributed by atoms with Gasteiger partial charge in [-0.25, -0.2) is 4.39 Å².